The van der Waals surface area contributed by atoms with Gasteiger partial charge in [-0.3, -0.25) is 14.5 Å². The Balaban J connectivity index is 1.68. The Morgan fingerprint density at radius 1 is 1.03 bits per heavy atom. The van der Waals surface area contributed by atoms with Gasteiger partial charge in [0.1, 0.15) is 11.9 Å². The van der Waals surface area contributed by atoms with Gasteiger partial charge in [-0.2, -0.15) is 0 Å². The summed E-state index contributed by atoms with van der Waals surface area (Å²) in [5.41, 5.74) is 4.04. The van der Waals surface area contributed by atoms with Gasteiger partial charge >= 0.3 is 0 Å². The van der Waals surface area contributed by atoms with Crippen molar-refractivity contribution in [2.24, 2.45) is 0 Å². The number of pyridine rings is 1. The van der Waals surface area contributed by atoms with Crippen LogP contribution >= 0.6 is 0 Å². The molecule has 0 bridgehead atoms. The third kappa shape index (κ3) is 4.14. The second-order valence-corrected chi connectivity index (χ2v) is 7.96. The highest BCUT2D eigenvalue weighted by molar-refractivity contribution is 6.12. The Hall–Kier alpha value is -3.67. The zero-order valence-corrected chi connectivity index (χ0v) is 18.0. The van der Waals surface area contributed by atoms with E-state index in [0.29, 0.717) is 12.0 Å². The summed E-state index contributed by atoms with van der Waals surface area (Å²) in [6.45, 7) is 1.95. The van der Waals surface area contributed by atoms with E-state index in [2.05, 4.69) is 10.3 Å². The van der Waals surface area contributed by atoms with Gasteiger partial charge in [-0.1, -0.05) is 36.4 Å². The summed E-state index contributed by atoms with van der Waals surface area (Å²) in [7, 11) is 3.80. The number of hydrogen-bond donors (Lipinski definition) is 1. The summed E-state index contributed by atoms with van der Waals surface area (Å²) in [6, 6.07) is 18.4. The second-order valence-electron chi connectivity index (χ2n) is 7.96. The first kappa shape index (κ1) is 20.6. The molecule has 0 spiro atoms. The van der Waals surface area contributed by atoms with Gasteiger partial charge in [0.05, 0.1) is 5.56 Å². The number of rotatable bonds is 4. The Kier molecular flexibility index (Phi) is 5.71. The van der Waals surface area contributed by atoms with Crippen LogP contribution in [0, 0.1) is 6.92 Å². The molecule has 6 heteroatoms. The van der Waals surface area contributed by atoms with Crippen LogP contribution in [-0.2, 0) is 11.2 Å². The topological polar surface area (TPSA) is 65.5 Å². The molecule has 3 aromatic rings. The van der Waals surface area contributed by atoms with Crippen molar-refractivity contribution in [1.29, 1.82) is 0 Å². The van der Waals surface area contributed by atoms with Gasteiger partial charge in [0.25, 0.3) is 5.91 Å². The number of hydrogen-bond acceptors (Lipinski definition) is 4. The second kappa shape index (κ2) is 8.60. The number of aromatic nitrogens is 1. The SMILES string of the molecule is Cc1ccccc1NC(=O)C1CCc2ccccc2N1C(=O)c1ccc(N(C)C)nc1. The van der Waals surface area contributed by atoms with Crippen LogP contribution in [0.25, 0.3) is 0 Å². The van der Waals surface area contributed by atoms with Crippen LogP contribution in [0.4, 0.5) is 17.2 Å². The number of nitrogens with zero attached hydrogens (tertiary/aromatic N) is 3. The molecule has 4 rings (SSSR count). The summed E-state index contributed by atoms with van der Waals surface area (Å²) in [5.74, 6) is 0.356. The number of nitrogens with one attached hydrogen (secondary N) is 1. The van der Waals surface area contributed by atoms with Crippen molar-refractivity contribution in [3.8, 4) is 0 Å². The van der Waals surface area contributed by atoms with Crippen molar-refractivity contribution in [1.82, 2.24) is 4.98 Å². The largest absolute Gasteiger partial charge is 0.363 e. The number of aryl methyl sites for hydroxylation is 2. The fourth-order valence-corrected chi connectivity index (χ4v) is 3.89. The molecule has 1 aliphatic heterocycles. The van der Waals surface area contributed by atoms with E-state index in [9.17, 15) is 9.59 Å². The Morgan fingerprint density at radius 3 is 2.48 bits per heavy atom. The highest BCUT2D eigenvalue weighted by Gasteiger charge is 2.36. The molecule has 0 radical (unpaired) electrons. The van der Waals surface area contributed by atoms with Gasteiger partial charge < -0.3 is 10.2 Å². The average molecular weight is 415 g/mol. The van der Waals surface area contributed by atoms with Crippen LogP contribution in [0.1, 0.15) is 27.9 Å². The van der Waals surface area contributed by atoms with Crippen LogP contribution < -0.4 is 15.1 Å². The van der Waals surface area contributed by atoms with Crippen LogP contribution in [-0.4, -0.2) is 36.9 Å². The molecular formula is C25H26N4O2. The van der Waals surface area contributed by atoms with Gasteiger partial charge in [-0.25, -0.2) is 4.98 Å². The maximum atomic E-state index is 13.6. The van der Waals surface area contributed by atoms with Gasteiger partial charge in [0.15, 0.2) is 0 Å². The summed E-state index contributed by atoms with van der Waals surface area (Å²) in [5, 5.41) is 3.02. The number of carbonyl (C=O) groups excluding carboxylic acids is 2. The first-order valence-electron chi connectivity index (χ1n) is 10.4. The van der Waals surface area contributed by atoms with Crippen LogP contribution in [0.3, 0.4) is 0 Å². The molecule has 1 unspecified atom stereocenters. The lowest BCUT2D eigenvalue weighted by Gasteiger charge is -2.36. The highest BCUT2D eigenvalue weighted by Crippen LogP contribution is 2.33. The number of benzene rings is 2. The van der Waals surface area contributed by atoms with Crippen molar-refractivity contribution in [2.75, 3.05) is 29.2 Å². The average Bonchev–Trinajstić information content (AvgIpc) is 2.79. The fourth-order valence-electron chi connectivity index (χ4n) is 3.89. The molecule has 0 saturated carbocycles. The van der Waals surface area contributed by atoms with E-state index >= 15 is 0 Å². The van der Waals surface area contributed by atoms with Gasteiger partial charge in [0.2, 0.25) is 5.91 Å². The molecule has 2 aromatic carbocycles. The molecule has 2 heterocycles. The number of amides is 2. The maximum absolute atomic E-state index is 13.6. The van der Waals surface area contributed by atoms with E-state index in [-0.39, 0.29) is 11.8 Å². The molecule has 0 fully saturated rings. The lowest BCUT2D eigenvalue weighted by atomic mass is 9.94. The zero-order chi connectivity index (χ0) is 22.0. The number of carbonyl (C=O) groups is 2. The van der Waals surface area contributed by atoms with Gasteiger partial charge in [-0.15, -0.1) is 0 Å². The molecule has 2 amide bonds. The fraction of sp³-hybridized carbons (Fsp3) is 0.240. The van der Waals surface area contributed by atoms with Crippen molar-refractivity contribution in [3.05, 3.63) is 83.6 Å². The summed E-state index contributed by atoms with van der Waals surface area (Å²) >= 11 is 0. The molecule has 31 heavy (non-hydrogen) atoms. The quantitative estimate of drug-likeness (QED) is 0.699. The predicted octanol–water partition coefficient (Wildman–Crippen LogP) is 4.06. The molecule has 0 saturated heterocycles. The normalized spacial score (nSPS) is 15.2. The van der Waals surface area contributed by atoms with Crippen molar-refractivity contribution < 1.29 is 9.59 Å². The minimum Gasteiger partial charge on any atom is -0.363 e. The Bertz CT molecular complexity index is 1110. The van der Waals surface area contributed by atoms with Crippen LogP contribution in [0.2, 0.25) is 0 Å². The third-order valence-corrected chi connectivity index (χ3v) is 5.63. The molecule has 0 aliphatic carbocycles. The van der Waals surface area contributed by atoms with Gasteiger partial charge in [-0.05, 0) is 55.2 Å². The van der Waals surface area contributed by atoms with E-state index in [4.69, 9.17) is 0 Å². The van der Waals surface area contributed by atoms with Gasteiger partial charge in [0, 0.05) is 31.7 Å². The van der Waals surface area contributed by atoms with E-state index < -0.39 is 6.04 Å². The van der Waals surface area contributed by atoms with Crippen molar-refractivity contribution in [2.45, 2.75) is 25.8 Å². The minimum absolute atomic E-state index is 0.185. The lowest BCUT2D eigenvalue weighted by molar-refractivity contribution is -0.117. The number of para-hydroxylation sites is 2. The van der Waals surface area contributed by atoms with Crippen molar-refractivity contribution >= 4 is 29.0 Å². The van der Waals surface area contributed by atoms with E-state index in [0.717, 1.165) is 34.7 Å². The molecule has 1 N–H and O–H groups in total. The summed E-state index contributed by atoms with van der Waals surface area (Å²) < 4.78 is 0. The van der Waals surface area contributed by atoms with Crippen LogP contribution in [0.5, 0.6) is 0 Å². The maximum Gasteiger partial charge on any atom is 0.260 e. The van der Waals surface area contributed by atoms with E-state index in [1.165, 1.54) is 0 Å². The van der Waals surface area contributed by atoms with E-state index in [1.54, 1.807) is 17.2 Å². The Labute approximate surface area is 182 Å². The minimum atomic E-state index is -0.601. The standard InChI is InChI=1S/C25H26N4O2/c1-17-8-4-6-10-20(17)27-24(30)22-14-12-18-9-5-7-11-21(18)29(22)25(31)19-13-15-23(26-16-19)28(2)3/h4-11,13,15-16,22H,12,14H2,1-3H3,(H,27,30). The lowest BCUT2D eigenvalue weighted by Crippen LogP contribution is -2.50. The molecular weight excluding hydrogens is 388 g/mol. The number of fused-ring (bicyclic) bond motifs is 1. The highest BCUT2D eigenvalue weighted by atomic mass is 16.2. The molecule has 158 valence electrons. The smallest absolute Gasteiger partial charge is 0.260 e. The molecule has 1 aliphatic rings. The summed E-state index contributed by atoms with van der Waals surface area (Å²) in [4.78, 5) is 34.7. The van der Waals surface area contributed by atoms with Crippen LogP contribution in [0.15, 0.2) is 66.9 Å². The monoisotopic (exact) mass is 414 g/mol. The number of anilines is 3. The van der Waals surface area contributed by atoms with Crippen molar-refractivity contribution in [3.63, 3.8) is 0 Å². The molecule has 1 atom stereocenters. The Morgan fingerprint density at radius 2 is 1.77 bits per heavy atom. The summed E-state index contributed by atoms with van der Waals surface area (Å²) in [6.07, 6.45) is 2.87. The molecule has 1 aromatic heterocycles. The first-order valence-corrected chi connectivity index (χ1v) is 10.4. The predicted molar refractivity (Wildman–Crippen MR) is 124 cm³/mol. The molecule has 6 nitrogen and oxygen atoms in total. The zero-order valence-electron chi connectivity index (χ0n) is 18.0. The van der Waals surface area contributed by atoms with E-state index in [1.807, 2.05) is 80.5 Å². The third-order valence-electron chi connectivity index (χ3n) is 5.63. The first-order chi connectivity index (χ1) is 15.0.